The molecule has 0 aliphatic carbocycles. The number of anilines is 1. The summed E-state index contributed by atoms with van der Waals surface area (Å²) >= 11 is 0. The fourth-order valence-corrected chi connectivity index (χ4v) is 1.40. The van der Waals surface area contributed by atoms with E-state index in [1.165, 1.54) is 6.20 Å². The molecule has 0 radical (unpaired) electrons. The summed E-state index contributed by atoms with van der Waals surface area (Å²) in [4.78, 5) is 15.4. The number of hydrogen-bond acceptors (Lipinski definition) is 4. The third kappa shape index (κ3) is 2.76. The first-order chi connectivity index (χ1) is 8.69. The number of rotatable bonds is 3. The highest BCUT2D eigenvalue weighted by atomic mass is 16.5. The minimum Gasteiger partial charge on any atom is -0.457 e. The number of carbonyl (C=O) groups excluding carboxylic acids is 1. The van der Waals surface area contributed by atoms with Gasteiger partial charge in [-0.15, -0.1) is 0 Å². The summed E-state index contributed by atoms with van der Waals surface area (Å²) in [5, 5.41) is 2.51. The monoisotopic (exact) mass is 245 g/mol. The molecule has 0 saturated carbocycles. The number of nitrogens with one attached hydrogen (secondary N) is 1. The first kappa shape index (κ1) is 11.9. The van der Waals surface area contributed by atoms with Gasteiger partial charge in [-0.05, 0) is 30.3 Å². The van der Waals surface area contributed by atoms with Gasteiger partial charge in [-0.1, -0.05) is 0 Å². The van der Waals surface area contributed by atoms with Crippen LogP contribution >= 0.6 is 0 Å². The third-order valence-electron chi connectivity index (χ3n) is 2.31. The van der Waals surface area contributed by atoms with Crippen LogP contribution in [0.5, 0.6) is 11.5 Å². The molecule has 2 aromatic rings. The number of nitrogens with zero attached hydrogens (tertiary/aromatic N) is 1. The SMILES string of the molecule is CN[14C](=O)c1cc(Oc2ccc(N)cc2)ccn1. The number of pyridine rings is 1. The van der Waals surface area contributed by atoms with Crippen molar-refractivity contribution in [1.82, 2.24) is 10.3 Å². The van der Waals surface area contributed by atoms with Crippen LogP contribution in [0, 0.1) is 0 Å². The number of hydrogen-bond donors (Lipinski definition) is 2. The van der Waals surface area contributed by atoms with E-state index in [4.69, 9.17) is 10.5 Å². The van der Waals surface area contributed by atoms with E-state index >= 15 is 0 Å². The standard InChI is InChI=1S/C13H13N3O2/c1-15-13(17)12-8-11(6-7-16-12)18-10-4-2-9(14)3-5-10/h2-8H,14H2,1H3,(H,15,17)/i13+2. The summed E-state index contributed by atoms with van der Waals surface area (Å²) in [5.74, 6) is 0.949. The Morgan fingerprint density at radius 3 is 2.61 bits per heavy atom. The summed E-state index contributed by atoms with van der Waals surface area (Å²) < 4.78 is 5.59. The smallest absolute Gasteiger partial charge is 0.269 e. The zero-order valence-corrected chi connectivity index (χ0v) is 9.88. The summed E-state index contributed by atoms with van der Waals surface area (Å²) in [7, 11) is 1.55. The lowest BCUT2D eigenvalue weighted by Gasteiger charge is -2.06. The largest absolute Gasteiger partial charge is 0.457 e. The molecule has 0 bridgehead atoms. The molecular weight excluding hydrogens is 232 g/mol. The van der Waals surface area contributed by atoms with Crippen molar-refractivity contribution in [3.8, 4) is 11.5 Å². The van der Waals surface area contributed by atoms with Crippen LogP contribution in [-0.2, 0) is 0 Å². The molecule has 1 amide bonds. The Labute approximate surface area is 105 Å². The Morgan fingerprint density at radius 1 is 1.22 bits per heavy atom. The summed E-state index contributed by atoms with van der Waals surface area (Å²) in [5.41, 5.74) is 6.56. The fraction of sp³-hybridized carbons (Fsp3) is 0.0769. The van der Waals surface area contributed by atoms with E-state index in [1.54, 1.807) is 43.4 Å². The zero-order valence-electron chi connectivity index (χ0n) is 9.88. The van der Waals surface area contributed by atoms with Crippen molar-refractivity contribution in [3.63, 3.8) is 0 Å². The van der Waals surface area contributed by atoms with Crippen LogP contribution in [0.2, 0.25) is 0 Å². The maximum atomic E-state index is 11.4. The van der Waals surface area contributed by atoms with Gasteiger partial charge in [0.25, 0.3) is 5.91 Å². The van der Waals surface area contributed by atoms with Crippen LogP contribution in [0.25, 0.3) is 0 Å². The molecule has 0 spiro atoms. The Kier molecular flexibility index (Phi) is 3.43. The zero-order chi connectivity index (χ0) is 13.0. The van der Waals surface area contributed by atoms with Gasteiger partial charge in [-0.3, -0.25) is 9.78 Å². The predicted molar refractivity (Wildman–Crippen MR) is 68.6 cm³/mol. The van der Waals surface area contributed by atoms with Crippen molar-refractivity contribution in [2.45, 2.75) is 0 Å². The first-order valence-electron chi connectivity index (χ1n) is 5.40. The van der Waals surface area contributed by atoms with Crippen LogP contribution in [-0.4, -0.2) is 17.9 Å². The normalized spacial score (nSPS) is 9.83. The molecule has 0 fully saturated rings. The van der Waals surface area contributed by atoms with Crippen LogP contribution in [0.4, 0.5) is 5.69 Å². The number of benzene rings is 1. The maximum Gasteiger partial charge on any atom is 0.269 e. The van der Waals surface area contributed by atoms with E-state index in [9.17, 15) is 4.79 Å². The van der Waals surface area contributed by atoms with Gasteiger partial charge in [0.2, 0.25) is 0 Å². The Morgan fingerprint density at radius 2 is 1.94 bits per heavy atom. The van der Waals surface area contributed by atoms with E-state index in [0.29, 0.717) is 22.9 Å². The van der Waals surface area contributed by atoms with Crippen molar-refractivity contribution in [3.05, 3.63) is 48.3 Å². The Hall–Kier alpha value is -2.56. The second-order valence-electron chi connectivity index (χ2n) is 3.63. The average molecular weight is 245 g/mol. The third-order valence-corrected chi connectivity index (χ3v) is 2.31. The molecule has 1 heterocycles. The van der Waals surface area contributed by atoms with Crippen molar-refractivity contribution in [2.75, 3.05) is 12.8 Å². The van der Waals surface area contributed by atoms with E-state index in [0.717, 1.165) is 0 Å². The van der Waals surface area contributed by atoms with Crippen LogP contribution < -0.4 is 15.8 Å². The maximum absolute atomic E-state index is 11.4. The number of ether oxygens (including phenoxy) is 1. The van der Waals surface area contributed by atoms with Crippen molar-refractivity contribution < 1.29 is 9.53 Å². The highest BCUT2D eigenvalue weighted by Gasteiger charge is 2.06. The van der Waals surface area contributed by atoms with Crippen LogP contribution in [0.1, 0.15) is 10.5 Å². The minimum absolute atomic E-state index is 0.252. The first-order valence-corrected chi connectivity index (χ1v) is 5.40. The van der Waals surface area contributed by atoms with Crippen LogP contribution in [0.15, 0.2) is 42.6 Å². The lowest BCUT2D eigenvalue weighted by Crippen LogP contribution is -2.18. The predicted octanol–water partition coefficient (Wildman–Crippen LogP) is 1.82. The van der Waals surface area contributed by atoms with Gasteiger partial charge >= 0.3 is 0 Å². The molecule has 3 N–H and O–H groups in total. The quantitative estimate of drug-likeness (QED) is 0.808. The van der Waals surface area contributed by atoms with E-state index in [2.05, 4.69) is 10.3 Å². The molecule has 0 aliphatic rings. The molecular formula is C13H13N3O2. The molecule has 0 atom stereocenters. The highest BCUT2D eigenvalue weighted by Crippen LogP contribution is 2.22. The van der Waals surface area contributed by atoms with Crippen molar-refractivity contribution in [1.29, 1.82) is 0 Å². The number of amides is 1. The molecule has 5 heteroatoms. The molecule has 1 aromatic carbocycles. The average Bonchev–Trinajstić information content (AvgIpc) is 2.41. The van der Waals surface area contributed by atoms with E-state index in [1.807, 2.05) is 0 Å². The minimum atomic E-state index is -0.252. The molecule has 1 aromatic heterocycles. The van der Waals surface area contributed by atoms with Gasteiger partial charge in [0.05, 0.1) is 0 Å². The molecule has 0 unspecified atom stereocenters. The number of nitrogens with two attached hydrogens (primary N) is 1. The van der Waals surface area contributed by atoms with E-state index in [-0.39, 0.29) is 5.91 Å². The number of nitrogen functional groups attached to an aromatic ring is 1. The fourth-order valence-electron chi connectivity index (χ4n) is 1.40. The van der Waals surface area contributed by atoms with Gasteiger partial charge in [0.1, 0.15) is 17.2 Å². The second-order valence-corrected chi connectivity index (χ2v) is 3.63. The Balaban J connectivity index is 2.19. The van der Waals surface area contributed by atoms with Gasteiger partial charge in [-0.25, -0.2) is 0 Å². The summed E-state index contributed by atoms with van der Waals surface area (Å²) in [6, 6.07) is 10.3. The molecule has 5 nitrogen and oxygen atoms in total. The molecule has 0 aliphatic heterocycles. The summed E-state index contributed by atoms with van der Waals surface area (Å²) in [6.45, 7) is 0. The van der Waals surface area contributed by atoms with Gasteiger partial charge < -0.3 is 15.8 Å². The van der Waals surface area contributed by atoms with Crippen LogP contribution in [0.3, 0.4) is 0 Å². The topological polar surface area (TPSA) is 77.2 Å². The molecule has 18 heavy (non-hydrogen) atoms. The van der Waals surface area contributed by atoms with Crippen molar-refractivity contribution >= 4 is 11.6 Å². The van der Waals surface area contributed by atoms with Crippen molar-refractivity contribution in [2.24, 2.45) is 0 Å². The second kappa shape index (κ2) is 5.18. The number of carbonyl (C=O) groups is 1. The van der Waals surface area contributed by atoms with Gasteiger partial charge in [0.15, 0.2) is 0 Å². The molecule has 0 saturated heterocycles. The lowest BCUT2D eigenvalue weighted by molar-refractivity contribution is 0.0958. The molecule has 92 valence electrons. The Bertz CT molecular complexity index is 552. The lowest BCUT2D eigenvalue weighted by atomic mass is 10.3. The molecule has 2 rings (SSSR count). The van der Waals surface area contributed by atoms with E-state index < -0.39 is 0 Å². The highest BCUT2D eigenvalue weighted by molar-refractivity contribution is 5.92. The van der Waals surface area contributed by atoms with Gasteiger partial charge in [0, 0.05) is 25.0 Å². The summed E-state index contributed by atoms with van der Waals surface area (Å²) in [6.07, 6.45) is 1.53. The van der Waals surface area contributed by atoms with Gasteiger partial charge in [-0.2, -0.15) is 0 Å². The number of aromatic nitrogens is 1.